The van der Waals surface area contributed by atoms with Crippen molar-refractivity contribution in [2.24, 2.45) is 0 Å². The molecule has 0 bridgehead atoms. The smallest absolute Gasteiger partial charge is 0.220 e. The predicted octanol–water partition coefficient (Wildman–Crippen LogP) is 3.41. The standard InChI is InChI=1S/C21H27FN2O3/c1-24(2)20(16-6-10-18(26-3)11-7-16)15-23-21(25)5-4-14-27-19-12-8-17(22)9-13-19/h6-13,20H,4-5,14-15H2,1-3H3,(H,23,25). The van der Waals surface area contributed by atoms with E-state index in [4.69, 9.17) is 9.47 Å². The number of carbonyl (C=O) groups is 1. The molecule has 6 heteroatoms. The lowest BCUT2D eigenvalue weighted by Gasteiger charge is -2.25. The summed E-state index contributed by atoms with van der Waals surface area (Å²) < 4.78 is 23.5. The van der Waals surface area contributed by atoms with E-state index in [1.807, 2.05) is 38.4 Å². The van der Waals surface area contributed by atoms with Gasteiger partial charge in [0.25, 0.3) is 0 Å². The monoisotopic (exact) mass is 374 g/mol. The molecule has 0 saturated heterocycles. The first-order valence-electron chi connectivity index (χ1n) is 8.95. The van der Waals surface area contributed by atoms with Crippen LogP contribution in [0.4, 0.5) is 4.39 Å². The van der Waals surface area contributed by atoms with Crippen molar-refractivity contribution in [1.29, 1.82) is 0 Å². The minimum absolute atomic E-state index is 0.0157. The van der Waals surface area contributed by atoms with E-state index in [9.17, 15) is 9.18 Å². The fourth-order valence-electron chi connectivity index (χ4n) is 2.68. The number of rotatable bonds is 10. The van der Waals surface area contributed by atoms with Gasteiger partial charge in [-0.15, -0.1) is 0 Å². The number of methoxy groups -OCH3 is 1. The predicted molar refractivity (Wildman–Crippen MR) is 104 cm³/mol. The van der Waals surface area contributed by atoms with Crippen molar-refractivity contribution >= 4 is 5.91 Å². The van der Waals surface area contributed by atoms with Crippen molar-refractivity contribution in [3.05, 3.63) is 59.9 Å². The van der Waals surface area contributed by atoms with E-state index < -0.39 is 0 Å². The molecule has 0 radical (unpaired) electrons. The van der Waals surface area contributed by atoms with Crippen LogP contribution in [0.1, 0.15) is 24.4 Å². The fraction of sp³-hybridized carbons (Fsp3) is 0.381. The van der Waals surface area contributed by atoms with Gasteiger partial charge in [0.15, 0.2) is 0 Å². The highest BCUT2D eigenvalue weighted by molar-refractivity contribution is 5.75. The summed E-state index contributed by atoms with van der Waals surface area (Å²) in [6.07, 6.45) is 0.975. The first-order valence-corrected chi connectivity index (χ1v) is 8.95. The Balaban J connectivity index is 1.73. The average molecular weight is 374 g/mol. The quantitative estimate of drug-likeness (QED) is 0.648. The molecule has 1 N–H and O–H groups in total. The number of likely N-dealkylation sites (N-methyl/N-ethyl adjacent to an activating group) is 1. The molecule has 2 aromatic rings. The maximum absolute atomic E-state index is 12.8. The van der Waals surface area contributed by atoms with Gasteiger partial charge in [0.05, 0.1) is 19.8 Å². The van der Waals surface area contributed by atoms with E-state index in [1.165, 1.54) is 12.1 Å². The van der Waals surface area contributed by atoms with Crippen LogP contribution in [0.15, 0.2) is 48.5 Å². The van der Waals surface area contributed by atoms with E-state index in [0.717, 1.165) is 11.3 Å². The molecular weight excluding hydrogens is 347 g/mol. The molecule has 2 aromatic carbocycles. The lowest BCUT2D eigenvalue weighted by Crippen LogP contribution is -2.34. The van der Waals surface area contributed by atoms with Crippen LogP contribution in [0.3, 0.4) is 0 Å². The molecule has 1 unspecified atom stereocenters. The highest BCUT2D eigenvalue weighted by atomic mass is 19.1. The molecule has 0 fully saturated rings. The highest BCUT2D eigenvalue weighted by Crippen LogP contribution is 2.20. The van der Waals surface area contributed by atoms with Crippen molar-refractivity contribution in [2.45, 2.75) is 18.9 Å². The molecular formula is C21H27FN2O3. The first-order chi connectivity index (χ1) is 13.0. The topological polar surface area (TPSA) is 50.8 Å². The van der Waals surface area contributed by atoms with Crippen molar-refractivity contribution < 1.29 is 18.7 Å². The number of hydrogen-bond acceptors (Lipinski definition) is 4. The molecule has 5 nitrogen and oxygen atoms in total. The Morgan fingerprint density at radius 2 is 1.70 bits per heavy atom. The van der Waals surface area contributed by atoms with Crippen molar-refractivity contribution in [3.8, 4) is 11.5 Å². The summed E-state index contributed by atoms with van der Waals surface area (Å²) in [6.45, 7) is 0.936. The van der Waals surface area contributed by atoms with Crippen LogP contribution in [0.25, 0.3) is 0 Å². The van der Waals surface area contributed by atoms with E-state index in [-0.39, 0.29) is 17.8 Å². The summed E-state index contributed by atoms with van der Waals surface area (Å²) in [5, 5.41) is 2.98. The van der Waals surface area contributed by atoms with Crippen LogP contribution >= 0.6 is 0 Å². The Kier molecular flexibility index (Phi) is 8.07. The van der Waals surface area contributed by atoms with Crippen LogP contribution in [-0.2, 0) is 4.79 Å². The second-order valence-corrected chi connectivity index (χ2v) is 6.46. The lowest BCUT2D eigenvalue weighted by atomic mass is 10.1. The third-order valence-corrected chi connectivity index (χ3v) is 4.25. The minimum Gasteiger partial charge on any atom is -0.497 e. The maximum Gasteiger partial charge on any atom is 0.220 e. The van der Waals surface area contributed by atoms with Gasteiger partial charge in [-0.25, -0.2) is 4.39 Å². The van der Waals surface area contributed by atoms with Gasteiger partial charge < -0.3 is 19.7 Å². The molecule has 1 atom stereocenters. The Morgan fingerprint density at radius 1 is 1.07 bits per heavy atom. The third kappa shape index (κ3) is 6.90. The second kappa shape index (κ2) is 10.5. The molecule has 1 amide bonds. The minimum atomic E-state index is -0.297. The summed E-state index contributed by atoms with van der Waals surface area (Å²) in [5.41, 5.74) is 1.11. The van der Waals surface area contributed by atoms with Crippen LogP contribution in [0, 0.1) is 5.82 Å². The van der Waals surface area contributed by atoms with Crippen molar-refractivity contribution in [3.63, 3.8) is 0 Å². The summed E-state index contributed by atoms with van der Waals surface area (Å²) in [4.78, 5) is 14.2. The molecule has 0 aromatic heterocycles. The fourth-order valence-corrected chi connectivity index (χ4v) is 2.68. The number of carbonyl (C=O) groups excluding carboxylic acids is 1. The Labute approximate surface area is 160 Å². The van der Waals surface area contributed by atoms with Crippen molar-refractivity contribution in [1.82, 2.24) is 10.2 Å². The van der Waals surface area contributed by atoms with Gasteiger partial charge in [0, 0.05) is 13.0 Å². The van der Waals surface area contributed by atoms with Gasteiger partial charge in [-0.3, -0.25) is 4.79 Å². The van der Waals surface area contributed by atoms with Crippen LogP contribution in [0.5, 0.6) is 11.5 Å². The van der Waals surface area contributed by atoms with E-state index in [2.05, 4.69) is 10.2 Å². The molecule has 0 heterocycles. The van der Waals surface area contributed by atoms with Crippen LogP contribution < -0.4 is 14.8 Å². The zero-order valence-electron chi connectivity index (χ0n) is 16.1. The van der Waals surface area contributed by atoms with E-state index >= 15 is 0 Å². The number of halogens is 1. The number of amides is 1. The number of benzene rings is 2. The van der Waals surface area contributed by atoms with E-state index in [1.54, 1.807) is 19.2 Å². The summed E-state index contributed by atoms with van der Waals surface area (Å²) >= 11 is 0. The van der Waals surface area contributed by atoms with Crippen LogP contribution in [0.2, 0.25) is 0 Å². The second-order valence-electron chi connectivity index (χ2n) is 6.46. The van der Waals surface area contributed by atoms with Gasteiger partial charge in [-0.1, -0.05) is 12.1 Å². The Bertz CT molecular complexity index is 702. The summed E-state index contributed by atoms with van der Waals surface area (Å²) in [7, 11) is 5.60. The van der Waals surface area contributed by atoms with Gasteiger partial charge >= 0.3 is 0 Å². The lowest BCUT2D eigenvalue weighted by molar-refractivity contribution is -0.121. The number of nitrogens with zero attached hydrogens (tertiary/aromatic N) is 1. The third-order valence-electron chi connectivity index (χ3n) is 4.25. The molecule has 146 valence electrons. The maximum atomic E-state index is 12.8. The molecule has 2 rings (SSSR count). The zero-order valence-corrected chi connectivity index (χ0v) is 16.1. The summed E-state index contributed by atoms with van der Waals surface area (Å²) in [5.74, 6) is 1.09. The highest BCUT2D eigenvalue weighted by Gasteiger charge is 2.15. The number of hydrogen-bond donors (Lipinski definition) is 1. The van der Waals surface area contributed by atoms with Gasteiger partial charge in [-0.2, -0.15) is 0 Å². The molecule has 0 saturated carbocycles. The van der Waals surface area contributed by atoms with E-state index in [0.29, 0.717) is 31.7 Å². The normalized spacial score (nSPS) is 11.9. The molecule has 0 aliphatic rings. The molecule has 0 aliphatic carbocycles. The summed E-state index contributed by atoms with van der Waals surface area (Å²) in [6, 6.07) is 13.8. The van der Waals surface area contributed by atoms with Crippen LogP contribution in [-0.4, -0.2) is 45.2 Å². The number of nitrogens with one attached hydrogen (secondary N) is 1. The molecule has 0 spiro atoms. The first kappa shape index (κ1) is 20.7. The Hall–Kier alpha value is -2.60. The largest absolute Gasteiger partial charge is 0.497 e. The number of ether oxygens (including phenoxy) is 2. The van der Waals surface area contributed by atoms with Gasteiger partial charge in [-0.05, 0) is 62.5 Å². The van der Waals surface area contributed by atoms with Gasteiger partial charge in [0.2, 0.25) is 5.91 Å². The molecule has 0 aliphatic heterocycles. The molecule has 27 heavy (non-hydrogen) atoms. The van der Waals surface area contributed by atoms with Gasteiger partial charge in [0.1, 0.15) is 17.3 Å². The SMILES string of the molecule is COc1ccc(C(CNC(=O)CCCOc2ccc(F)cc2)N(C)C)cc1. The average Bonchev–Trinajstić information content (AvgIpc) is 2.67. The zero-order chi connectivity index (χ0) is 19.6. The Morgan fingerprint density at radius 3 is 2.30 bits per heavy atom. The van der Waals surface area contributed by atoms with Crippen molar-refractivity contribution in [2.75, 3.05) is 34.4 Å².